The molecule has 0 aliphatic rings. The maximum absolute atomic E-state index is 5.17. The van der Waals surface area contributed by atoms with Crippen LogP contribution in [0, 0.1) is 0 Å². The summed E-state index contributed by atoms with van der Waals surface area (Å²) in [5.74, 6) is 1.91. The molecule has 9 aromatic carbocycles. The Hall–Kier alpha value is -7.56. The van der Waals surface area contributed by atoms with Crippen molar-refractivity contribution in [3.63, 3.8) is 0 Å². The number of hydrogen-bond donors (Lipinski definition) is 0. The van der Waals surface area contributed by atoms with Gasteiger partial charge in [0.15, 0.2) is 17.5 Å². The van der Waals surface area contributed by atoms with Crippen molar-refractivity contribution in [1.82, 2.24) is 19.9 Å². The van der Waals surface area contributed by atoms with Crippen LogP contribution >= 0.6 is 0 Å². The van der Waals surface area contributed by atoms with Crippen molar-refractivity contribution in [3.8, 4) is 56.5 Å². The Balaban J connectivity index is 1.09. The van der Waals surface area contributed by atoms with Crippen molar-refractivity contribution >= 4 is 54.0 Å². The van der Waals surface area contributed by atoms with Crippen molar-refractivity contribution in [1.29, 1.82) is 0 Å². The van der Waals surface area contributed by atoms with Gasteiger partial charge in [0, 0.05) is 38.4 Å². The molecule has 0 bridgehead atoms. The molecule has 56 heavy (non-hydrogen) atoms. The first-order valence-electron chi connectivity index (χ1n) is 18.9. The lowest BCUT2D eigenvalue weighted by molar-refractivity contribution is 1.08. The van der Waals surface area contributed by atoms with Crippen molar-refractivity contribution in [2.24, 2.45) is 0 Å². The fraction of sp³-hybridized carbons (Fsp3) is 0. The molecule has 2 aromatic heterocycles. The molecule has 11 rings (SSSR count). The first-order valence-corrected chi connectivity index (χ1v) is 18.9. The van der Waals surface area contributed by atoms with E-state index in [1.807, 2.05) is 6.07 Å². The van der Waals surface area contributed by atoms with E-state index < -0.39 is 0 Å². The second-order valence-corrected chi connectivity index (χ2v) is 14.2. The van der Waals surface area contributed by atoms with Crippen molar-refractivity contribution in [2.45, 2.75) is 0 Å². The molecule has 4 nitrogen and oxygen atoms in total. The van der Waals surface area contributed by atoms with E-state index in [2.05, 4.69) is 188 Å². The average molecular weight is 713 g/mol. The topological polar surface area (TPSA) is 51.6 Å². The molecule has 0 amide bonds. The third-order valence-electron chi connectivity index (χ3n) is 10.9. The molecular formula is C52H32N4. The van der Waals surface area contributed by atoms with Crippen LogP contribution in [0.1, 0.15) is 0 Å². The minimum Gasteiger partial charge on any atom is -0.247 e. The van der Waals surface area contributed by atoms with Gasteiger partial charge >= 0.3 is 0 Å². The molecule has 0 saturated carbocycles. The molecule has 0 unspecified atom stereocenters. The fourth-order valence-electron chi connectivity index (χ4n) is 8.12. The molecule has 0 atom stereocenters. The van der Waals surface area contributed by atoms with Crippen molar-refractivity contribution < 1.29 is 0 Å². The van der Waals surface area contributed by atoms with Crippen LogP contribution in [0.2, 0.25) is 0 Å². The minimum absolute atomic E-state index is 0.628. The summed E-state index contributed by atoms with van der Waals surface area (Å²) in [6, 6.07) is 68.2. The highest BCUT2D eigenvalue weighted by Gasteiger charge is 2.17. The highest BCUT2D eigenvalue weighted by molar-refractivity contribution is 6.24. The maximum atomic E-state index is 5.17. The van der Waals surface area contributed by atoms with E-state index in [1.165, 1.54) is 26.9 Å². The first-order chi connectivity index (χ1) is 27.7. The van der Waals surface area contributed by atoms with Gasteiger partial charge in [0.05, 0.1) is 11.2 Å². The lowest BCUT2D eigenvalue weighted by Gasteiger charge is -2.15. The Morgan fingerprint density at radius 1 is 0.268 bits per heavy atom. The zero-order valence-corrected chi connectivity index (χ0v) is 30.3. The van der Waals surface area contributed by atoms with Gasteiger partial charge in [-0.1, -0.05) is 170 Å². The Bertz CT molecular complexity index is 3220. The summed E-state index contributed by atoms with van der Waals surface area (Å²) in [5, 5.41) is 10.5. The van der Waals surface area contributed by atoms with Crippen molar-refractivity contribution in [2.75, 3.05) is 0 Å². The number of hydrogen-bond acceptors (Lipinski definition) is 4. The second-order valence-electron chi connectivity index (χ2n) is 14.2. The van der Waals surface area contributed by atoms with Crippen LogP contribution in [0.5, 0.6) is 0 Å². The minimum atomic E-state index is 0.628. The van der Waals surface area contributed by atoms with Crippen molar-refractivity contribution in [3.05, 3.63) is 194 Å². The Labute approximate surface area is 323 Å². The summed E-state index contributed by atoms with van der Waals surface area (Å²) in [7, 11) is 0. The Morgan fingerprint density at radius 3 is 1.48 bits per heavy atom. The van der Waals surface area contributed by atoms with Gasteiger partial charge in [-0.3, -0.25) is 0 Å². The molecule has 0 fully saturated rings. The number of para-hydroxylation sites is 1. The van der Waals surface area contributed by atoms with E-state index in [-0.39, 0.29) is 0 Å². The number of rotatable bonds is 5. The van der Waals surface area contributed by atoms with E-state index in [0.29, 0.717) is 17.5 Å². The third-order valence-corrected chi connectivity index (χ3v) is 10.9. The first kappa shape index (κ1) is 31.9. The predicted molar refractivity (Wildman–Crippen MR) is 232 cm³/mol. The SMILES string of the molecule is c1ccc(-c2nc3ccccc3c3c2ccc2c(-c4cccc(-c5nc(-c6ccc7ccccc7c6)nc(-c6ccc7ccccc7c6)n5)c4)cccc23)cc1. The summed E-state index contributed by atoms with van der Waals surface area (Å²) < 4.78 is 0. The van der Waals surface area contributed by atoms with Crippen LogP contribution in [-0.4, -0.2) is 19.9 Å². The lowest BCUT2D eigenvalue weighted by atomic mass is 9.91. The molecule has 260 valence electrons. The Kier molecular flexibility index (Phi) is 7.46. The molecule has 2 heterocycles. The van der Waals surface area contributed by atoms with Gasteiger partial charge in [-0.15, -0.1) is 0 Å². The molecule has 0 N–H and O–H groups in total. The highest BCUT2D eigenvalue weighted by Crippen LogP contribution is 2.40. The summed E-state index contributed by atoms with van der Waals surface area (Å²) in [6.07, 6.45) is 0. The molecular weight excluding hydrogens is 681 g/mol. The largest absolute Gasteiger partial charge is 0.247 e. The zero-order valence-electron chi connectivity index (χ0n) is 30.3. The van der Waals surface area contributed by atoms with Gasteiger partial charge in [0.1, 0.15) is 0 Å². The van der Waals surface area contributed by atoms with E-state index in [1.54, 1.807) is 0 Å². The normalized spacial score (nSPS) is 11.6. The molecule has 0 radical (unpaired) electrons. The molecule has 11 aromatic rings. The predicted octanol–water partition coefficient (Wildman–Crippen LogP) is 13.4. The number of aromatic nitrogens is 4. The summed E-state index contributed by atoms with van der Waals surface area (Å²) in [4.78, 5) is 20.6. The smallest absolute Gasteiger partial charge is 0.164 e. The van der Waals surface area contributed by atoms with Gasteiger partial charge in [0.25, 0.3) is 0 Å². The molecule has 0 spiro atoms. The average Bonchev–Trinajstić information content (AvgIpc) is 3.28. The van der Waals surface area contributed by atoms with Crippen LogP contribution < -0.4 is 0 Å². The highest BCUT2D eigenvalue weighted by atomic mass is 15.0. The quantitative estimate of drug-likeness (QED) is 0.167. The number of benzene rings is 9. The maximum Gasteiger partial charge on any atom is 0.164 e. The van der Waals surface area contributed by atoms with E-state index in [4.69, 9.17) is 19.9 Å². The number of nitrogens with zero attached hydrogens (tertiary/aromatic N) is 4. The molecule has 0 aliphatic carbocycles. The summed E-state index contributed by atoms with van der Waals surface area (Å²) in [5.41, 5.74) is 8.14. The summed E-state index contributed by atoms with van der Waals surface area (Å²) in [6.45, 7) is 0. The van der Waals surface area contributed by atoms with Gasteiger partial charge in [0.2, 0.25) is 0 Å². The van der Waals surface area contributed by atoms with Gasteiger partial charge < -0.3 is 0 Å². The van der Waals surface area contributed by atoms with Crippen LogP contribution in [0.25, 0.3) is 111 Å². The van der Waals surface area contributed by atoms with Crippen LogP contribution in [0.4, 0.5) is 0 Å². The molecule has 0 saturated heterocycles. The standard InChI is InChI=1S/C52H32N4/c1-2-14-35(15-3-1)49-46-29-28-43-42(21-11-22-44(43)48(46)45-20-8-9-23-47(45)53-49)38-18-10-19-39(32-38)50-54-51(40-26-24-33-12-4-6-16-36(33)30-40)56-52(55-50)41-27-25-34-13-5-7-17-37(34)31-41/h1-32H. The van der Waals surface area contributed by atoms with Crippen LogP contribution in [-0.2, 0) is 0 Å². The van der Waals surface area contributed by atoms with E-state index >= 15 is 0 Å². The van der Waals surface area contributed by atoms with Gasteiger partial charge in [-0.25, -0.2) is 19.9 Å². The second kappa shape index (κ2) is 13.1. The van der Waals surface area contributed by atoms with Crippen LogP contribution in [0.15, 0.2) is 194 Å². The summed E-state index contributed by atoms with van der Waals surface area (Å²) >= 11 is 0. The number of pyridine rings is 1. The van der Waals surface area contributed by atoms with Gasteiger partial charge in [-0.2, -0.15) is 0 Å². The van der Waals surface area contributed by atoms with Crippen LogP contribution in [0.3, 0.4) is 0 Å². The Morgan fingerprint density at radius 2 is 0.786 bits per heavy atom. The fourth-order valence-corrected chi connectivity index (χ4v) is 8.12. The monoisotopic (exact) mass is 712 g/mol. The van der Waals surface area contributed by atoms with Gasteiger partial charge in [-0.05, 0) is 67.7 Å². The lowest BCUT2D eigenvalue weighted by Crippen LogP contribution is -2.00. The molecule has 0 aliphatic heterocycles. The zero-order chi connectivity index (χ0) is 37.0. The third kappa shape index (κ3) is 5.47. The molecule has 4 heteroatoms. The number of fused-ring (bicyclic) bond motifs is 7. The van der Waals surface area contributed by atoms with E-state index in [0.717, 1.165) is 66.1 Å². The van der Waals surface area contributed by atoms with E-state index in [9.17, 15) is 0 Å².